The standard InChI is InChI=1S/C11H10BrFN2O/c1-2-3-15-6-11(16)14-9-5-8(13)7(12)4-10(9)15/h2,4-5H,1,3,6H2,(H,14,16). The van der Waals surface area contributed by atoms with Gasteiger partial charge in [0, 0.05) is 12.6 Å². The normalized spacial score (nSPS) is 14.4. The van der Waals surface area contributed by atoms with Crippen LogP contribution >= 0.6 is 15.9 Å². The smallest absolute Gasteiger partial charge is 0.243 e. The van der Waals surface area contributed by atoms with E-state index in [2.05, 4.69) is 27.8 Å². The highest BCUT2D eigenvalue weighted by Gasteiger charge is 2.22. The van der Waals surface area contributed by atoms with Crippen LogP contribution in [0.1, 0.15) is 0 Å². The molecule has 0 aliphatic carbocycles. The van der Waals surface area contributed by atoms with Crippen LogP contribution in [0, 0.1) is 5.82 Å². The van der Waals surface area contributed by atoms with Crippen molar-refractivity contribution in [3.05, 3.63) is 35.1 Å². The van der Waals surface area contributed by atoms with Gasteiger partial charge in [-0.2, -0.15) is 0 Å². The maximum atomic E-state index is 13.3. The quantitative estimate of drug-likeness (QED) is 0.847. The average Bonchev–Trinajstić information content (AvgIpc) is 2.21. The van der Waals surface area contributed by atoms with Crippen molar-refractivity contribution >= 4 is 33.2 Å². The van der Waals surface area contributed by atoms with Crippen LogP contribution in [-0.2, 0) is 4.79 Å². The number of fused-ring (bicyclic) bond motifs is 1. The zero-order valence-electron chi connectivity index (χ0n) is 8.46. The fourth-order valence-electron chi connectivity index (χ4n) is 1.67. The molecule has 0 unspecified atom stereocenters. The predicted molar refractivity (Wildman–Crippen MR) is 65.1 cm³/mol. The average molecular weight is 285 g/mol. The van der Waals surface area contributed by atoms with Crippen molar-refractivity contribution in [2.75, 3.05) is 23.3 Å². The third-order valence-electron chi connectivity index (χ3n) is 2.34. The molecular weight excluding hydrogens is 275 g/mol. The van der Waals surface area contributed by atoms with Gasteiger partial charge in [-0.05, 0) is 22.0 Å². The summed E-state index contributed by atoms with van der Waals surface area (Å²) in [5, 5.41) is 2.64. The Hall–Kier alpha value is -1.36. The minimum absolute atomic E-state index is 0.143. The second kappa shape index (κ2) is 4.25. The third-order valence-corrected chi connectivity index (χ3v) is 2.95. The second-order valence-electron chi connectivity index (χ2n) is 3.50. The molecule has 1 heterocycles. The van der Waals surface area contributed by atoms with Gasteiger partial charge in [-0.3, -0.25) is 4.79 Å². The molecule has 1 N–H and O–H groups in total. The fraction of sp³-hybridized carbons (Fsp3) is 0.182. The number of carbonyl (C=O) groups is 1. The van der Waals surface area contributed by atoms with E-state index in [1.807, 2.05) is 4.90 Å². The summed E-state index contributed by atoms with van der Waals surface area (Å²) in [4.78, 5) is 13.2. The van der Waals surface area contributed by atoms with Crippen LogP contribution in [0.15, 0.2) is 29.3 Å². The van der Waals surface area contributed by atoms with Crippen molar-refractivity contribution < 1.29 is 9.18 Å². The van der Waals surface area contributed by atoms with Crippen LogP contribution in [0.4, 0.5) is 15.8 Å². The van der Waals surface area contributed by atoms with E-state index < -0.39 is 0 Å². The molecule has 1 aliphatic rings. The summed E-state index contributed by atoms with van der Waals surface area (Å²) < 4.78 is 13.7. The maximum Gasteiger partial charge on any atom is 0.243 e. The zero-order chi connectivity index (χ0) is 11.7. The summed E-state index contributed by atoms with van der Waals surface area (Å²) >= 11 is 3.13. The van der Waals surface area contributed by atoms with Crippen LogP contribution in [0.3, 0.4) is 0 Å². The highest BCUT2D eigenvalue weighted by molar-refractivity contribution is 9.10. The van der Waals surface area contributed by atoms with Gasteiger partial charge in [-0.15, -0.1) is 6.58 Å². The number of benzene rings is 1. The maximum absolute atomic E-state index is 13.3. The molecule has 5 heteroatoms. The molecule has 1 amide bonds. The van der Waals surface area contributed by atoms with Crippen LogP contribution < -0.4 is 10.2 Å². The Morgan fingerprint density at radius 2 is 2.38 bits per heavy atom. The van der Waals surface area contributed by atoms with Gasteiger partial charge in [-0.1, -0.05) is 6.08 Å². The molecule has 0 radical (unpaired) electrons. The first kappa shape index (κ1) is 11.1. The minimum Gasteiger partial charge on any atom is -0.357 e. The molecule has 3 nitrogen and oxygen atoms in total. The molecule has 0 saturated heterocycles. The fourth-order valence-corrected chi connectivity index (χ4v) is 2.00. The molecular formula is C11H10BrFN2O. The molecule has 0 aromatic heterocycles. The van der Waals surface area contributed by atoms with E-state index in [9.17, 15) is 9.18 Å². The number of nitrogens with one attached hydrogen (secondary N) is 1. The summed E-state index contributed by atoms with van der Waals surface area (Å²) in [5.74, 6) is -0.532. The molecule has 0 bridgehead atoms. The number of nitrogens with zero attached hydrogens (tertiary/aromatic N) is 1. The number of hydrogen-bond acceptors (Lipinski definition) is 2. The second-order valence-corrected chi connectivity index (χ2v) is 4.36. The largest absolute Gasteiger partial charge is 0.357 e. The van der Waals surface area contributed by atoms with Gasteiger partial charge in [0.05, 0.1) is 22.4 Å². The summed E-state index contributed by atoms with van der Waals surface area (Å²) in [5.41, 5.74) is 1.30. The van der Waals surface area contributed by atoms with Gasteiger partial charge in [0.15, 0.2) is 0 Å². The number of rotatable bonds is 2. The first-order chi connectivity index (χ1) is 7.61. The Balaban J connectivity index is 2.48. The van der Waals surface area contributed by atoms with Crippen molar-refractivity contribution in [2.45, 2.75) is 0 Å². The van der Waals surface area contributed by atoms with Crippen molar-refractivity contribution in [2.24, 2.45) is 0 Å². The predicted octanol–water partition coefficient (Wildman–Crippen LogP) is 2.53. The van der Waals surface area contributed by atoms with E-state index in [1.165, 1.54) is 6.07 Å². The SMILES string of the molecule is C=CCN1CC(=O)Nc2cc(F)c(Br)cc21. The van der Waals surface area contributed by atoms with E-state index >= 15 is 0 Å². The van der Waals surface area contributed by atoms with Gasteiger partial charge < -0.3 is 10.2 Å². The Labute approximate surface area is 101 Å². The molecule has 2 rings (SSSR count). The van der Waals surface area contributed by atoms with E-state index in [1.54, 1.807) is 12.1 Å². The van der Waals surface area contributed by atoms with E-state index in [-0.39, 0.29) is 18.3 Å². The van der Waals surface area contributed by atoms with Crippen LogP contribution in [-0.4, -0.2) is 19.0 Å². The van der Waals surface area contributed by atoms with Crippen molar-refractivity contribution in [3.63, 3.8) is 0 Å². The lowest BCUT2D eigenvalue weighted by Gasteiger charge is -2.30. The highest BCUT2D eigenvalue weighted by atomic mass is 79.9. The van der Waals surface area contributed by atoms with Gasteiger partial charge >= 0.3 is 0 Å². The molecule has 16 heavy (non-hydrogen) atoms. The van der Waals surface area contributed by atoms with Crippen molar-refractivity contribution in [1.82, 2.24) is 0 Å². The number of halogens is 2. The van der Waals surface area contributed by atoms with Crippen molar-refractivity contribution in [3.8, 4) is 0 Å². The molecule has 0 spiro atoms. The minimum atomic E-state index is -0.389. The Kier molecular flexibility index (Phi) is 2.96. The van der Waals surface area contributed by atoms with Crippen LogP contribution in [0.2, 0.25) is 0 Å². The summed E-state index contributed by atoms with van der Waals surface area (Å²) in [6.07, 6.45) is 1.71. The molecule has 1 aliphatic heterocycles. The van der Waals surface area contributed by atoms with Crippen molar-refractivity contribution in [1.29, 1.82) is 0 Å². The van der Waals surface area contributed by atoms with Gasteiger partial charge in [0.2, 0.25) is 5.91 Å². The van der Waals surface area contributed by atoms with Gasteiger partial charge in [0.1, 0.15) is 5.82 Å². The molecule has 0 fully saturated rings. The number of anilines is 2. The summed E-state index contributed by atoms with van der Waals surface area (Å²) in [7, 11) is 0. The first-order valence-electron chi connectivity index (χ1n) is 4.76. The lowest BCUT2D eigenvalue weighted by Crippen LogP contribution is -2.38. The number of carbonyl (C=O) groups excluding carboxylic acids is 1. The number of hydrogen-bond donors (Lipinski definition) is 1. The lowest BCUT2D eigenvalue weighted by atomic mass is 10.2. The topological polar surface area (TPSA) is 32.3 Å². The molecule has 1 aromatic rings. The van der Waals surface area contributed by atoms with E-state index in [0.717, 1.165) is 5.69 Å². The number of amides is 1. The summed E-state index contributed by atoms with van der Waals surface area (Å²) in [6.45, 7) is 4.45. The molecule has 0 saturated carbocycles. The monoisotopic (exact) mass is 284 g/mol. The summed E-state index contributed by atoms with van der Waals surface area (Å²) in [6, 6.07) is 2.97. The highest BCUT2D eigenvalue weighted by Crippen LogP contribution is 2.33. The molecule has 1 aromatic carbocycles. The first-order valence-corrected chi connectivity index (χ1v) is 5.56. The Morgan fingerprint density at radius 1 is 1.62 bits per heavy atom. The Morgan fingerprint density at radius 3 is 3.06 bits per heavy atom. The third kappa shape index (κ3) is 1.95. The molecule has 84 valence electrons. The van der Waals surface area contributed by atoms with Gasteiger partial charge in [-0.25, -0.2) is 4.39 Å². The van der Waals surface area contributed by atoms with E-state index in [4.69, 9.17) is 0 Å². The van der Waals surface area contributed by atoms with Crippen LogP contribution in [0.25, 0.3) is 0 Å². The van der Waals surface area contributed by atoms with Crippen LogP contribution in [0.5, 0.6) is 0 Å². The Bertz CT molecular complexity index is 462. The molecule has 0 atom stereocenters. The lowest BCUT2D eigenvalue weighted by molar-refractivity contribution is -0.115. The van der Waals surface area contributed by atoms with Gasteiger partial charge in [0.25, 0.3) is 0 Å². The van der Waals surface area contributed by atoms with E-state index in [0.29, 0.717) is 16.7 Å². The zero-order valence-corrected chi connectivity index (χ0v) is 10.1.